The fourth-order valence-corrected chi connectivity index (χ4v) is 4.21. The number of halogens is 1. The van der Waals surface area contributed by atoms with Crippen LogP contribution in [0.4, 0.5) is 10.2 Å². The third-order valence-electron chi connectivity index (χ3n) is 5.89. The van der Waals surface area contributed by atoms with E-state index in [0.29, 0.717) is 30.1 Å². The number of likely N-dealkylation sites (tertiary alicyclic amines) is 1. The Morgan fingerprint density at radius 2 is 1.86 bits per heavy atom. The number of carbonyl (C=O) groups is 1. The summed E-state index contributed by atoms with van der Waals surface area (Å²) in [4.78, 5) is 21.7. The molecule has 0 radical (unpaired) electrons. The number of phenolic OH excluding ortho intramolecular Hbond substituents is 1. The largest absolute Gasteiger partial charge is 0.505 e. The van der Waals surface area contributed by atoms with Gasteiger partial charge in [-0.25, -0.2) is 9.37 Å². The molecule has 1 amide bonds. The van der Waals surface area contributed by atoms with E-state index in [1.165, 1.54) is 12.8 Å². The molecule has 2 saturated heterocycles. The summed E-state index contributed by atoms with van der Waals surface area (Å²) in [6.07, 6.45) is 4.15. The highest BCUT2D eigenvalue weighted by Gasteiger charge is 2.26. The van der Waals surface area contributed by atoms with E-state index in [1.807, 2.05) is 0 Å². The minimum absolute atomic E-state index is 0.181. The van der Waals surface area contributed by atoms with E-state index in [9.17, 15) is 14.3 Å². The van der Waals surface area contributed by atoms with Gasteiger partial charge in [-0.15, -0.1) is 0 Å². The molecule has 148 valence electrons. The summed E-state index contributed by atoms with van der Waals surface area (Å²) < 4.78 is 13.8. The summed E-state index contributed by atoms with van der Waals surface area (Å²) >= 11 is 0. The predicted molar refractivity (Wildman–Crippen MR) is 106 cm³/mol. The molecule has 1 aromatic carbocycles. The first-order valence-corrected chi connectivity index (χ1v) is 10.0. The van der Waals surface area contributed by atoms with Gasteiger partial charge in [-0.2, -0.15) is 0 Å². The lowest BCUT2D eigenvalue weighted by molar-refractivity contribution is 0.0711. The topological polar surface area (TPSA) is 56.7 Å². The highest BCUT2D eigenvalue weighted by atomic mass is 19.1. The predicted octanol–water partition coefficient (Wildman–Crippen LogP) is 3.85. The Hall–Kier alpha value is -2.63. The zero-order valence-electron chi connectivity index (χ0n) is 16.2. The Labute approximate surface area is 164 Å². The van der Waals surface area contributed by atoms with Crippen LogP contribution in [-0.4, -0.2) is 47.1 Å². The van der Waals surface area contributed by atoms with Crippen molar-refractivity contribution >= 4 is 11.7 Å². The standard InChI is InChI=1S/C22H26FN3O2/c1-15-13-17(14-18(23)21(15)27)22(28)26-11-7-16(8-12-26)19-5-4-6-20(24-19)25-9-2-3-10-25/h4-6,13-14,16,27H,2-3,7-12H2,1H3. The van der Waals surface area contributed by atoms with E-state index >= 15 is 0 Å². The number of nitrogens with zero attached hydrogens (tertiary/aromatic N) is 3. The molecule has 6 heteroatoms. The lowest BCUT2D eigenvalue weighted by Gasteiger charge is -2.32. The van der Waals surface area contributed by atoms with Crippen molar-refractivity contribution in [3.05, 3.63) is 53.0 Å². The quantitative estimate of drug-likeness (QED) is 0.875. The van der Waals surface area contributed by atoms with Crippen LogP contribution in [0.5, 0.6) is 5.75 Å². The minimum Gasteiger partial charge on any atom is -0.505 e. The highest BCUT2D eigenvalue weighted by Crippen LogP contribution is 2.30. The zero-order valence-corrected chi connectivity index (χ0v) is 16.2. The molecule has 0 unspecified atom stereocenters. The minimum atomic E-state index is -0.749. The number of anilines is 1. The van der Waals surface area contributed by atoms with Crippen LogP contribution in [0, 0.1) is 12.7 Å². The summed E-state index contributed by atoms with van der Waals surface area (Å²) in [6, 6.07) is 8.91. The molecule has 3 heterocycles. The van der Waals surface area contributed by atoms with Crippen molar-refractivity contribution in [3.8, 4) is 5.75 Å². The Morgan fingerprint density at radius 1 is 1.14 bits per heavy atom. The molecule has 4 rings (SSSR count). The maximum atomic E-state index is 13.8. The van der Waals surface area contributed by atoms with E-state index in [4.69, 9.17) is 4.98 Å². The first-order valence-electron chi connectivity index (χ1n) is 10.0. The summed E-state index contributed by atoms with van der Waals surface area (Å²) in [5.41, 5.74) is 1.77. The third-order valence-corrected chi connectivity index (χ3v) is 5.89. The maximum absolute atomic E-state index is 13.8. The van der Waals surface area contributed by atoms with Gasteiger partial charge in [0.25, 0.3) is 5.91 Å². The third kappa shape index (κ3) is 3.68. The molecule has 2 aliphatic heterocycles. The van der Waals surface area contributed by atoms with E-state index in [2.05, 4.69) is 23.1 Å². The van der Waals surface area contributed by atoms with Gasteiger partial charge in [-0.1, -0.05) is 6.07 Å². The molecule has 0 spiro atoms. The molecule has 28 heavy (non-hydrogen) atoms. The van der Waals surface area contributed by atoms with Crippen LogP contribution in [0.15, 0.2) is 30.3 Å². The number of hydrogen-bond donors (Lipinski definition) is 1. The van der Waals surface area contributed by atoms with Crippen molar-refractivity contribution in [2.75, 3.05) is 31.1 Å². The van der Waals surface area contributed by atoms with Gasteiger partial charge >= 0.3 is 0 Å². The van der Waals surface area contributed by atoms with Crippen LogP contribution in [0.2, 0.25) is 0 Å². The highest BCUT2D eigenvalue weighted by molar-refractivity contribution is 5.94. The second-order valence-electron chi connectivity index (χ2n) is 7.80. The smallest absolute Gasteiger partial charge is 0.253 e. The maximum Gasteiger partial charge on any atom is 0.253 e. The number of hydrogen-bond acceptors (Lipinski definition) is 4. The molecule has 5 nitrogen and oxygen atoms in total. The fourth-order valence-electron chi connectivity index (χ4n) is 4.21. The number of aromatic nitrogens is 1. The van der Waals surface area contributed by atoms with Gasteiger partial charge in [-0.05, 0) is 62.4 Å². The zero-order chi connectivity index (χ0) is 19.7. The normalized spacial score (nSPS) is 17.9. The van der Waals surface area contributed by atoms with Crippen LogP contribution in [0.1, 0.15) is 53.2 Å². The molecule has 0 atom stereocenters. The van der Waals surface area contributed by atoms with Gasteiger partial charge in [0.1, 0.15) is 5.82 Å². The van der Waals surface area contributed by atoms with Gasteiger partial charge in [0.15, 0.2) is 11.6 Å². The molecule has 1 N–H and O–H groups in total. The van der Waals surface area contributed by atoms with Gasteiger partial charge in [0.05, 0.1) is 0 Å². The second-order valence-corrected chi connectivity index (χ2v) is 7.80. The van der Waals surface area contributed by atoms with Crippen molar-refractivity contribution in [1.82, 2.24) is 9.88 Å². The molecule has 0 aliphatic carbocycles. The van der Waals surface area contributed by atoms with E-state index < -0.39 is 5.82 Å². The Balaban J connectivity index is 1.42. The van der Waals surface area contributed by atoms with Crippen molar-refractivity contribution in [2.24, 2.45) is 0 Å². The van der Waals surface area contributed by atoms with Crippen LogP contribution >= 0.6 is 0 Å². The lowest BCUT2D eigenvalue weighted by Crippen LogP contribution is -2.38. The number of pyridine rings is 1. The average Bonchev–Trinajstić information content (AvgIpc) is 3.26. The van der Waals surface area contributed by atoms with E-state index in [-0.39, 0.29) is 11.7 Å². The summed E-state index contributed by atoms with van der Waals surface area (Å²) in [5, 5.41) is 9.57. The summed E-state index contributed by atoms with van der Waals surface area (Å²) in [7, 11) is 0. The van der Waals surface area contributed by atoms with Crippen molar-refractivity contribution in [1.29, 1.82) is 0 Å². The van der Waals surface area contributed by atoms with Gasteiger partial charge in [0.2, 0.25) is 0 Å². The average molecular weight is 383 g/mol. The molecule has 2 aliphatic rings. The molecule has 2 aromatic rings. The molecule has 0 saturated carbocycles. The number of benzene rings is 1. The summed E-state index contributed by atoms with van der Waals surface area (Å²) in [6.45, 7) is 5.00. The number of phenols is 1. The molecular formula is C22H26FN3O2. The van der Waals surface area contributed by atoms with Crippen LogP contribution in [0.25, 0.3) is 0 Å². The molecule has 0 bridgehead atoms. The van der Waals surface area contributed by atoms with Crippen LogP contribution in [-0.2, 0) is 0 Å². The molecule has 2 fully saturated rings. The Morgan fingerprint density at radius 3 is 2.54 bits per heavy atom. The first kappa shape index (κ1) is 18.7. The SMILES string of the molecule is Cc1cc(C(=O)N2CCC(c3cccc(N4CCCC4)n3)CC2)cc(F)c1O. The van der Waals surface area contributed by atoms with Gasteiger partial charge in [0, 0.05) is 43.4 Å². The summed E-state index contributed by atoms with van der Waals surface area (Å²) in [5.74, 6) is 0.0769. The first-order chi connectivity index (χ1) is 13.5. The number of piperidine rings is 1. The van der Waals surface area contributed by atoms with Crippen molar-refractivity contribution in [2.45, 2.75) is 38.5 Å². The number of aryl methyl sites for hydroxylation is 1. The van der Waals surface area contributed by atoms with Crippen molar-refractivity contribution in [3.63, 3.8) is 0 Å². The van der Waals surface area contributed by atoms with Gasteiger partial charge in [-0.3, -0.25) is 4.79 Å². The second kappa shape index (κ2) is 7.78. The molecule has 1 aromatic heterocycles. The van der Waals surface area contributed by atoms with Crippen molar-refractivity contribution < 1.29 is 14.3 Å². The Bertz CT molecular complexity index is 849. The monoisotopic (exact) mass is 383 g/mol. The van der Waals surface area contributed by atoms with Gasteiger partial charge < -0.3 is 14.9 Å². The van der Waals surface area contributed by atoms with Crippen LogP contribution < -0.4 is 4.90 Å². The van der Waals surface area contributed by atoms with Crippen LogP contribution in [0.3, 0.4) is 0 Å². The lowest BCUT2D eigenvalue weighted by atomic mass is 9.92. The number of aromatic hydroxyl groups is 1. The fraction of sp³-hybridized carbons (Fsp3) is 0.455. The number of amides is 1. The van der Waals surface area contributed by atoms with E-state index in [1.54, 1.807) is 17.9 Å². The number of rotatable bonds is 3. The number of carbonyl (C=O) groups excluding carboxylic acids is 1. The Kier molecular flexibility index (Phi) is 5.20. The molecular weight excluding hydrogens is 357 g/mol. The van der Waals surface area contributed by atoms with E-state index in [0.717, 1.165) is 43.5 Å².